The molecule has 0 atom stereocenters. The molecule has 0 bridgehead atoms. The number of ether oxygens (including phenoxy) is 1. The van der Waals surface area contributed by atoms with E-state index in [1.54, 1.807) is 41.5 Å². The first-order chi connectivity index (χ1) is 23.3. The molecule has 0 unspecified atom stereocenters. The SMILES string of the molecule is Cc1c(N2C(=O)/C(=C/c3cn(-c4ccccc4)nc3-c3ccc(OCc4ccc(F)cc4)cc3)SC2=S)c(=O)n(-c2ccccc2)n1C. The Bertz CT molecular complexity index is 2240. The minimum absolute atomic E-state index is 0.226. The second-order valence-corrected chi connectivity index (χ2v) is 12.8. The summed E-state index contributed by atoms with van der Waals surface area (Å²) in [6, 6.07) is 32.6. The number of thiocarbonyl (C=S) groups is 1. The van der Waals surface area contributed by atoms with Crippen LogP contribution >= 0.6 is 24.0 Å². The summed E-state index contributed by atoms with van der Waals surface area (Å²) in [5.74, 6) is -0.0241. The Morgan fingerprint density at radius 2 is 1.52 bits per heavy atom. The number of aromatic nitrogens is 4. The number of nitrogens with zero attached hydrogens (tertiary/aromatic N) is 5. The minimum Gasteiger partial charge on any atom is -0.489 e. The molecular weight excluding hydrogens is 646 g/mol. The van der Waals surface area contributed by atoms with E-state index < -0.39 is 0 Å². The van der Waals surface area contributed by atoms with Crippen molar-refractivity contribution in [1.29, 1.82) is 0 Å². The van der Waals surface area contributed by atoms with E-state index in [1.165, 1.54) is 21.7 Å². The third kappa shape index (κ3) is 5.89. The van der Waals surface area contributed by atoms with E-state index in [2.05, 4.69) is 0 Å². The second kappa shape index (κ2) is 12.9. The first kappa shape index (κ1) is 31.1. The van der Waals surface area contributed by atoms with Gasteiger partial charge in [-0.15, -0.1) is 0 Å². The largest absolute Gasteiger partial charge is 0.489 e. The molecule has 2 aromatic heterocycles. The van der Waals surface area contributed by atoms with Gasteiger partial charge in [-0.2, -0.15) is 5.10 Å². The zero-order valence-electron chi connectivity index (χ0n) is 25.9. The molecule has 7 rings (SSSR count). The molecule has 4 aromatic carbocycles. The van der Waals surface area contributed by atoms with Crippen LogP contribution in [0.25, 0.3) is 28.7 Å². The zero-order chi connectivity index (χ0) is 33.4. The Hall–Kier alpha value is -5.52. The van der Waals surface area contributed by atoms with Crippen LogP contribution in [0.2, 0.25) is 0 Å². The van der Waals surface area contributed by atoms with Crippen molar-refractivity contribution in [2.24, 2.45) is 7.05 Å². The van der Waals surface area contributed by atoms with Crippen LogP contribution in [0.3, 0.4) is 0 Å². The fraction of sp³-hybridized carbons (Fsp3) is 0.0811. The highest BCUT2D eigenvalue weighted by Crippen LogP contribution is 2.38. The van der Waals surface area contributed by atoms with Crippen LogP contribution in [0.15, 0.2) is 125 Å². The lowest BCUT2D eigenvalue weighted by molar-refractivity contribution is -0.113. The van der Waals surface area contributed by atoms with Crippen LogP contribution in [0, 0.1) is 12.7 Å². The summed E-state index contributed by atoms with van der Waals surface area (Å²) >= 11 is 6.83. The number of anilines is 1. The highest BCUT2D eigenvalue weighted by molar-refractivity contribution is 8.27. The minimum atomic E-state index is -0.376. The van der Waals surface area contributed by atoms with Gasteiger partial charge in [0.05, 0.1) is 27.7 Å². The standard InChI is InChI=1S/C37H28FN5O3S2/c1-24-34(36(45)43(40(24)2)30-11-7-4-8-12-30)42-35(44)32(48-37(42)47)21-27-22-41(29-9-5-3-6-10-29)39-33(27)26-15-19-31(20-16-26)46-23-25-13-17-28(38)18-14-25/h3-22H,23H2,1-2H3/b32-21-. The Kier molecular flexibility index (Phi) is 8.38. The van der Waals surface area contributed by atoms with Gasteiger partial charge < -0.3 is 4.74 Å². The molecule has 1 aliphatic rings. The van der Waals surface area contributed by atoms with Crippen molar-refractivity contribution in [3.8, 4) is 28.4 Å². The molecule has 3 heterocycles. The fourth-order valence-corrected chi connectivity index (χ4v) is 6.76. The van der Waals surface area contributed by atoms with E-state index in [9.17, 15) is 14.0 Å². The van der Waals surface area contributed by atoms with Gasteiger partial charge in [-0.1, -0.05) is 72.5 Å². The number of carbonyl (C=O) groups is 1. The Morgan fingerprint density at radius 3 is 2.19 bits per heavy atom. The molecule has 1 aliphatic heterocycles. The number of amides is 1. The summed E-state index contributed by atoms with van der Waals surface area (Å²) in [6.07, 6.45) is 3.64. The van der Waals surface area contributed by atoms with E-state index in [-0.39, 0.29) is 27.3 Å². The number of hydrogen-bond donors (Lipinski definition) is 0. The molecule has 11 heteroatoms. The first-order valence-electron chi connectivity index (χ1n) is 15.0. The molecule has 48 heavy (non-hydrogen) atoms. The monoisotopic (exact) mass is 673 g/mol. The molecule has 0 spiro atoms. The Morgan fingerprint density at radius 1 is 0.875 bits per heavy atom. The average molecular weight is 674 g/mol. The molecule has 0 N–H and O–H groups in total. The topological polar surface area (TPSA) is 74.3 Å². The van der Waals surface area contributed by atoms with Crippen molar-refractivity contribution < 1.29 is 13.9 Å². The second-order valence-electron chi connectivity index (χ2n) is 11.1. The number of halogens is 1. The van der Waals surface area contributed by atoms with E-state index in [0.29, 0.717) is 39.9 Å². The van der Waals surface area contributed by atoms with Gasteiger partial charge in [-0.25, -0.2) is 13.8 Å². The van der Waals surface area contributed by atoms with Crippen molar-refractivity contribution in [3.05, 3.63) is 153 Å². The van der Waals surface area contributed by atoms with Gasteiger partial charge in [0, 0.05) is 24.4 Å². The quantitative estimate of drug-likeness (QED) is 0.123. The first-order valence-corrected chi connectivity index (χ1v) is 16.3. The van der Waals surface area contributed by atoms with Gasteiger partial charge in [0.25, 0.3) is 11.5 Å². The number of para-hydroxylation sites is 2. The van der Waals surface area contributed by atoms with E-state index in [4.69, 9.17) is 22.1 Å². The molecule has 0 radical (unpaired) electrons. The lowest BCUT2D eigenvalue weighted by Crippen LogP contribution is -2.33. The van der Waals surface area contributed by atoms with E-state index >= 15 is 0 Å². The molecule has 8 nitrogen and oxygen atoms in total. The third-order valence-electron chi connectivity index (χ3n) is 8.04. The number of benzene rings is 4. The van der Waals surface area contributed by atoms with Gasteiger partial charge in [0.1, 0.15) is 23.9 Å². The number of thioether (sulfide) groups is 1. The predicted octanol–water partition coefficient (Wildman–Crippen LogP) is 7.46. The highest BCUT2D eigenvalue weighted by Gasteiger charge is 2.38. The van der Waals surface area contributed by atoms with Crippen molar-refractivity contribution in [2.45, 2.75) is 13.5 Å². The summed E-state index contributed by atoms with van der Waals surface area (Å²) in [4.78, 5) is 29.4. The van der Waals surface area contributed by atoms with Crippen molar-refractivity contribution in [3.63, 3.8) is 0 Å². The summed E-state index contributed by atoms with van der Waals surface area (Å²) in [6.45, 7) is 2.10. The fourth-order valence-electron chi connectivity index (χ4n) is 5.50. The van der Waals surface area contributed by atoms with Gasteiger partial charge >= 0.3 is 0 Å². The molecule has 1 saturated heterocycles. The maximum atomic E-state index is 14.0. The lowest BCUT2D eigenvalue weighted by Gasteiger charge is -2.12. The van der Waals surface area contributed by atoms with E-state index in [0.717, 1.165) is 28.6 Å². The highest BCUT2D eigenvalue weighted by atomic mass is 32.2. The van der Waals surface area contributed by atoms with E-state index in [1.807, 2.05) is 91.1 Å². The van der Waals surface area contributed by atoms with Gasteiger partial charge in [-0.05, 0) is 79.2 Å². The molecular formula is C37H28FN5O3S2. The Balaban J connectivity index is 1.22. The maximum Gasteiger partial charge on any atom is 0.296 e. The maximum absolute atomic E-state index is 14.0. The molecule has 238 valence electrons. The van der Waals surface area contributed by atoms with Gasteiger partial charge in [0.2, 0.25) is 0 Å². The molecule has 0 saturated carbocycles. The summed E-state index contributed by atoms with van der Waals surface area (Å²) in [5, 5.41) is 4.89. The number of hydrogen-bond acceptors (Lipinski definition) is 6. The van der Waals surface area contributed by atoms with Crippen LogP contribution in [0.1, 0.15) is 16.8 Å². The smallest absolute Gasteiger partial charge is 0.296 e. The zero-order valence-corrected chi connectivity index (χ0v) is 27.5. The van der Waals surface area contributed by atoms with Crippen LogP contribution in [0.5, 0.6) is 5.75 Å². The van der Waals surface area contributed by atoms with Crippen LogP contribution < -0.4 is 15.2 Å². The third-order valence-corrected chi connectivity index (χ3v) is 9.34. The lowest BCUT2D eigenvalue weighted by atomic mass is 10.1. The van der Waals surface area contributed by atoms with Crippen molar-refractivity contribution >= 4 is 46.0 Å². The number of carbonyl (C=O) groups excluding carboxylic acids is 1. The van der Waals surface area contributed by atoms with Gasteiger partial charge in [-0.3, -0.25) is 19.2 Å². The van der Waals surface area contributed by atoms with Crippen LogP contribution in [-0.2, 0) is 18.4 Å². The molecule has 0 aliphatic carbocycles. The molecule has 1 amide bonds. The van der Waals surface area contributed by atoms with Crippen molar-refractivity contribution in [1.82, 2.24) is 19.1 Å². The summed E-state index contributed by atoms with van der Waals surface area (Å²) in [5.41, 5.74) is 5.05. The molecule has 1 fully saturated rings. The average Bonchev–Trinajstić information content (AvgIpc) is 3.72. The normalized spacial score (nSPS) is 13.9. The summed E-state index contributed by atoms with van der Waals surface area (Å²) in [7, 11) is 1.78. The Labute approximate surface area is 285 Å². The molecule has 6 aromatic rings. The van der Waals surface area contributed by atoms with Crippen molar-refractivity contribution in [2.75, 3.05) is 4.90 Å². The summed E-state index contributed by atoms with van der Waals surface area (Å²) < 4.78 is 24.5. The van der Waals surface area contributed by atoms with Crippen LogP contribution in [-0.4, -0.2) is 29.4 Å². The van der Waals surface area contributed by atoms with Gasteiger partial charge in [0.15, 0.2) is 4.32 Å². The van der Waals surface area contributed by atoms with Crippen LogP contribution in [0.4, 0.5) is 10.1 Å². The number of rotatable bonds is 8. The predicted molar refractivity (Wildman–Crippen MR) is 191 cm³/mol.